The van der Waals surface area contributed by atoms with Crippen molar-refractivity contribution < 1.29 is 14.6 Å². The van der Waals surface area contributed by atoms with Crippen LogP contribution in [0.3, 0.4) is 0 Å². The van der Waals surface area contributed by atoms with E-state index in [0.29, 0.717) is 25.2 Å². The van der Waals surface area contributed by atoms with Gasteiger partial charge in [-0.15, -0.1) is 0 Å². The molecule has 0 spiro atoms. The fraction of sp³-hybridized carbons (Fsp3) is 0.417. The van der Waals surface area contributed by atoms with Gasteiger partial charge in [0.25, 0.3) is 0 Å². The van der Waals surface area contributed by atoms with Crippen LogP contribution in [0.25, 0.3) is 0 Å². The largest absolute Gasteiger partial charge is 0.492 e. The Hall–Kier alpha value is -1.07. The van der Waals surface area contributed by atoms with Crippen LogP contribution in [0.15, 0.2) is 22.7 Å². The maximum Gasteiger partial charge on any atom is 0.219 e. The van der Waals surface area contributed by atoms with Gasteiger partial charge >= 0.3 is 0 Å². The summed E-state index contributed by atoms with van der Waals surface area (Å²) in [6, 6.07) is 5.50. The Bertz CT molecular complexity index is 382. The van der Waals surface area contributed by atoms with Gasteiger partial charge in [0.1, 0.15) is 5.75 Å². The smallest absolute Gasteiger partial charge is 0.219 e. The number of rotatable bonds is 6. The number of halogens is 1. The number of aliphatic hydroxyl groups excluding tert-OH is 1. The third kappa shape index (κ3) is 4.36. The normalized spacial score (nSPS) is 10.1. The first-order chi connectivity index (χ1) is 8.19. The molecule has 0 unspecified atom stereocenters. The highest BCUT2D eigenvalue weighted by atomic mass is 79.9. The van der Waals surface area contributed by atoms with Crippen molar-refractivity contribution >= 4 is 21.8 Å². The number of nitrogens with one attached hydrogen (secondary N) is 1. The average Bonchev–Trinajstić information content (AvgIpc) is 2.35. The Morgan fingerprint density at radius 3 is 2.94 bits per heavy atom. The van der Waals surface area contributed by atoms with Crippen molar-refractivity contribution in [2.75, 3.05) is 13.7 Å². The Balaban J connectivity index is 2.48. The second-order valence-corrected chi connectivity index (χ2v) is 4.37. The van der Waals surface area contributed by atoms with Crippen molar-refractivity contribution in [3.8, 4) is 5.75 Å². The van der Waals surface area contributed by atoms with Crippen molar-refractivity contribution in [3.63, 3.8) is 0 Å². The summed E-state index contributed by atoms with van der Waals surface area (Å²) in [6.45, 7) is 0.382. The van der Waals surface area contributed by atoms with Crippen molar-refractivity contribution in [1.82, 2.24) is 5.32 Å². The van der Waals surface area contributed by atoms with E-state index in [9.17, 15) is 4.79 Å². The fourth-order valence-electron chi connectivity index (χ4n) is 1.37. The van der Waals surface area contributed by atoms with Crippen LogP contribution in [0.5, 0.6) is 5.75 Å². The molecule has 0 aliphatic rings. The first kappa shape index (κ1) is 14.0. The molecule has 0 bridgehead atoms. The first-order valence-electron chi connectivity index (χ1n) is 5.40. The molecule has 1 rings (SSSR count). The summed E-state index contributed by atoms with van der Waals surface area (Å²) in [5.41, 5.74) is 0.735. The number of ether oxygens (including phenoxy) is 1. The zero-order valence-electron chi connectivity index (χ0n) is 9.70. The molecule has 94 valence electrons. The topological polar surface area (TPSA) is 58.6 Å². The lowest BCUT2D eigenvalue weighted by Crippen LogP contribution is -2.18. The maximum absolute atomic E-state index is 11.0. The van der Waals surface area contributed by atoms with Crippen LogP contribution >= 0.6 is 15.9 Å². The van der Waals surface area contributed by atoms with Gasteiger partial charge in [0.2, 0.25) is 5.91 Å². The molecule has 5 heteroatoms. The number of para-hydroxylation sites is 1. The van der Waals surface area contributed by atoms with Gasteiger partial charge in [-0.2, -0.15) is 0 Å². The molecule has 0 saturated heterocycles. The van der Waals surface area contributed by atoms with E-state index < -0.39 is 0 Å². The maximum atomic E-state index is 11.0. The molecule has 17 heavy (non-hydrogen) atoms. The average molecular weight is 302 g/mol. The standard InChI is InChI=1S/C12H16BrNO3/c1-14-11(16)6-3-7-17-12-9(8-15)4-2-5-10(12)13/h2,4-5,15H,3,6-8H2,1H3,(H,14,16). The van der Waals surface area contributed by atoms with Crippen LogP contribution in [-0.4, -0.2) is 24.7 Å². The Morgan fingerprint density at radius 2 is 2.29 bits per heavy atom. The zero-order valence-corrected chi connectivity index (χ0v) is 11.3. The summed E-state index contributed by atoms with van der Waals surface area (Å²) in [5.74, 6) is 0.648. The number of carbonyl (C=O) groups is 1. The second kappa shape index (κ2) is 7.29. The predicted octanol–water partition coefficient (Wildman–Crippen LogP) is 1.85. The number of hydrogen-bond donors (Lipinski definition) is 2. The van der Waals surface area contributed by atoms with E-state index in [1.807, 2.05) is 12.1 Å². The first-order valence-corrected chi connectivity index (χ1v) is 6.20. The number of benzene rings is 1. The van der Waals surface area contributed by atoms with E-state index in [-0.39, 0.29) is 12.5 Å². The minimum atomic E-state index is -0.0653. The molecular formula is C12H16BrNO3. The molecule has 1 aromatic rings. The molecule has 4 nitrogen and oxygen atoms in total. The summed E-state index contributed by atoms with van der Waals surface area (Å²) in [4.78, 5) is 11.0. The van der Waals surface area contributed by atoms with E-state index in [1.54, 1.807) is 13.1 Å². The van der Waals surface area contributed by atoms with Crippen molar-refractivity contribution in [2.24, 2.45) is 0 Å². The third-order valence-corrected chi connectivity index (χ3v) is 2.92. The summed E-state index contributed by atoms with van der Waals surface area (Å²) >= 11 is 3.37. The molecular weight excluding hydrogens is 286 g/mol. The lowest BCUT2D eigenvalue weighted by molar-refractivity contribution is -0.120. The van der Waals surface area contributed by atoms with Crippen LogP contribution < -0.4 is 10.1 Å². The molecule has 0 heterocycles. The number of aliphatic hydroxyl groups is 1. The summed E-state index contributed by atoms with van der Waals surface area (Å²) in [5, 5.41) is 11.7. The van der Waals surface area contributed by atoms with Crippen molar-refractivity contribution in [2.45, 2.75) is 19.4 Å². The highest BCUT2D eigenvalue weighted by Gasteiger charge is 2.07. The Kier molecular flexibility index (Phi) is 6.00. The van der Waals surface area contributed by atoms with Gasteiger partial charge in [-0.05, 0) is 28.4 Å². The fourth-order valence-corrected chi connectivity index (χ4v) is 1.89. The summed E-state index contributed by atoms with van der Waals surface area (Å²) in [7, 11) is 1.61. The number of amides is 1. The molecule has 1 aromatic carbocycles. The minimum Gasteiger partial charge on any atom is -0.492 e. The van der Waals surface area contributed by atoms with Gasteiger partial charge in [0.05, 0.1) is 17.7 Å². The Morgan fingerprint density at radius 1 is 1.53 bits per heavy atom. The monoisotopic (exact) mass is 301 g/mol. The second-order valence-electron chi connectivity index (χ2n) is 3.51. The van der Waals surface area contributed by atoms with Crippen molar-refractivity contribution in [1.29, 1.82) is 0 Å². The quantitative estimate of drug-likeness (QED) is 0.788. The minimum absolute atomic E-state index is 0.00288. The third-order valence-electron chi connectivity index (χ3n) is 2.29. The van der Waals surface area contributed by atoms with Crippen molar-refractivity contribution in [3.05, 3.63) is 28.2 Å². The SMILES string of the molecule is CNC(=O)CCCOc1c(Br)cccc1CO. The van der Waals surface area contributed by atoms with Gasteiger partial charge in [-0.25, -0.2) is 0 Å². The van der Waals surface area contributed by atoms with E-state index in [1.165, 1.54) is 0 Å². The van der Waals surface area contributed by atoms with Gasteiger partial charge in [-0.3, -0.25) is 4.79 Å². The molecule has 0 atom stereocenters. The summed E-state index contributed by atoms with van der Waals surface area (Å²) < 4.78 is 6.38. The molecule has 0 aliphatic carbocycles. The number of carbonyl (C=O) groups excluding carboxylic acids is 1. The number of hydrogen-bond acceptors (Lipinski definition) is 3. The molecule has 0 aliphatic heterocycles. The van der Waals surface area contributed by atoms with Gasteiger partial charge in [0, 0.05) is 19.0 Å². The van der Waals surface area contributed by atoms with Crippen LogP contribution in [0, 0.1) is 0 Å². The predicted molar refractivity (Wildman–Crippen MR) is 68.9 cm³/mol. The van der Waals surface area contributed by atoms with Crippen LogP contribution in [0.2, 0.25) is 0 Å². The lowest BCUT2D eigenvalue weighted by Gasteiger charge is -2.11. The Labute approximate surface area is 109 Å². The molecule has 0 saturated carbocycles. The molecule has 2 N–H and O–H groups in total. The molecule has 0 radical (unpaired) electrons. The lowest BCUT2D eigenvalue weighted by atomic mass is 10.2. The zero-order chi connectivity index (χ0) is 12.7. The van der Waals surface area contributed by atoms with E-state index in [0.717, 1.165) is 10.0 Å². The summed E-state index contributed by atoms with van der Waals surface area (Å²) in [6.07, 6.45) is 1.08. The van der Waals surface area contributed by atoms with E-state index in [4.69, 9.17) is 9.84 Å². The van der Waals surface area contributed by atoms with Gasteiger partial charge in [-0.1, -0.05) is 12.1 Å². The molecule has 1 amide bonds. The highest BCUT2D eigenvalue weighted by Crippen LogP contribution is 2.29. The molecule has 0 fully saturated rings. The molecule has 0 aromatic heterocycles. The van der Waals surface area contributed by atoms with Crippen LogP contribution in [0.1, 0.15) is 18.4 Å². The van der Waals surface area contributed by atoms with Gasteiger partial charge in [0.15, 0.2) is 0 Å². The van der Waals surface area contributed by atoms with Crippen LogP contribution in [-0.2, 0) is 11.4 Å². The van der Waals surface area contributed by atoms with Gasteiger partial charge < -0.3 is 15.2 Å². The van der Waals surface area contributed by atoms with E-state index >= 15 is 0 Å². The highest BCUT2D eigenvalue weighted by molar-refractivity contribution is 9.10. The van der Waals surface area contributed by atoms with E-state index in [2.05, 4.69) is 21.2 Å². The van der Waals surface area contributed by atoms with Crippen LogP contribution in [0.4, 0.5) is 0 Å².